The summed E-state index contributed by atoms with van der Waals surface area (Å²) in [6, 6.07) is 69.1. The van der Waals surface area contributed by atoms with Gasteiger partial charge in [-0.15, -0.1) is 0 Å². The van der Waals surface area contributed by atoms with Crippen LogP contribution < -0.4 is 0 Å². The Morgan fingerprint density at radius 3 is 1.04 bits per heavy atom. The van der Waals surface area contributed by atoms with Gasteiger partial charge in [0.2, 0.25) is 0 Å². The minimum atomic E-state index is 0.524. The van der Waals surface area contributed by atoms with Crippen molar-refractivity contribution in [1.82, 2.24) is 9.13 Å². The van der Waals surface area contributed by atoms with Crippen LogP contribution in [0, 0.1) is 73.3 Å². The number of nitriles is 1. The quantitative estimate of drug-likeness (QED) is 0.147. The highest BCUT2D eigenvalue weighted by Gasteiger charge is 2.26. The summed E-state index contributed by atoms with van der Waals surface area (Å²) in [5, 5.41) is 16.6. The zero-order valence-electron chi connectivity index (χ0n) is 43.1. The molecule has 12 rings (SSSR count). The summed E-state index contributed by atoms with van der Waals surface area (Å²) in [4.78, 5) is 3.90. The molecule has 0 unspecified atom stereocenters. The van der Waals surface area contributed by atoms with Gasteiger partial charge < -0.3 is 9.13 Å². The maximum atomic E-state index is 12.2. The Morgan fingerprint density at radius 2 is 0.703 bits per heavy atom. The van der Waals surface area contributed by atoms with E-state index < -0.39 is 0 Å². The van der Waals surface area contributed by atoms with Crippen molar-refractivity contribution in [2.24, 2.45) is 0 Å². The molecule has 0 amide bonds. The van der Waals surface area contributed by atoms with Crippen LogP contribution in [0.25, 0.3) is 115 Å². The van der Waals surface area contributed by atoms with Crippen LogP contribution in [-0.2, 0) is 0 Å². The lowest BCUT2D eigenvalue weighted by Crippen LogP contribution is -2.06. The molecule has 0 aliphatic carbocycles. The molecule has 354 valence electrons. The van der Waals surface area contributed by atoms with E-state index in [1.165, 1.54) is 44.5 Å². The van der Waals surface area contributed by atoms with E-state index in [0.29, 0.717) is 11.3 Å². The molecule has 74 heavy (non-hydrogen) atoms. The molecule has 0 saturated carbocycles. The molecule has 0 fully saturated rings. The van der Waals surface area contributed by atoms with Crippen molar-refractivity contribution in [3.05, 3.63) is 243 Å². The second-order valence-electron chi connectivity index (χ2n) is 20.7. The second kappa shape index (κ2) is 17.8. The van der Waals surface area contributed by atoms with Gasteiger partial charge in [0.25, 0.3) is 0 Å². The highest BCUT2D eigenvalue weighted by molar-refractivity contribution is 6.14. The molecular weight excluding hydrogens is 897 g/mol. The van der Waals surface area contributed by atoms with Gasteiger partial charge in [0.15, 0.2) is 5.69 Å². The van der Waals surface area contributed by atoms with Crippen LogP contribution in [0.5, 0.6) is 0 Å². The lowest BCUT2D eigenvalue weighted by atomic mass is 9.97. The smallest absolute Gasteiger partial charge is 0.187 e. The Labute approximate surface area is 433 Å². The molecule has 0 aliphatic heterocycles. The number of benzene rings is 10. The Hall–Kier alpha value is -9.22. The molecule has 4 heteroatoms. The second-order valence-corrected chi connectivity index (χ2v) is 20.7. The first-order valence-corrected chi connectivity index (χ1v) is 25.4. The van der Waals surface area contributed by atoms with Crippen molar-refractivity contribution in [1.29, 1.82) is 5.26 Å². The number of nitrogens with zero attached hydrogens (tertiary/aromatic N) is 4. The lowest BCUT2D eigenvalue weighted by Gasteiger charge is -2.21. The largest absolute Gasteiger partial charge is 0.308 e. The first kappa shape index (κ1) is 45.9. The van der Waals surface area contributed by atoms with Crippen LogP contribution in [-0.4, -0.2) is 9.13 Å². The van der Waals surface area contributed by atoms with Crippen LogP contribution >= 0.6 is 0 Å². The first-order chi connectivity index (χ1) is 35.8. The van der Waals surface area contributed by atoms with Crippen LogP contribution in [0.3, 0.4) is 0 Å². The van der Waals surface area contributed by atoms with Crippen LogP contribution in [0.2, 0.25) is 0 Å². The van der Waals surface area contributed by atoms with Crippen molar-refractivity contribution in [2.75, 3.05) is 0 Å². The number of rotatable bonds is 7. The standard InChI is InChI=1S/C70H54N4/c1-41-23-42(2)28-54(27-41)49-13-17-60-61-18-14-50(55-29-43(3)24-44(4)30-55)37-67(61)73(66(60)36-49)65-22-21-59(53-11-10-12-58(35-53)72-9)70(64(65)40-71)74-68-38-51(56-31-45(5)25-46(6)32-56)15-19-62(68)63-20-16-52(39-69(63)74)57-33-47(7)26-48(8)34-57/h10-39H,1-8H3. The summed E-state index contributed by atoms with van der Waals surface area (Å²) >= 11 is 0. The zero-order valence-corrected chi connectivity index (χ0v) is 43.1. The van der Waals surface area contributed by atoms with E-state index in [9.17, 15) is 5.26 Å². The predicted molar refractivity (Wildman–Crippen MR) is 311 cm³/mol. The molecule has 0 spiro atoms. The molecular formula is C70H54N4. The number of hydrogen-bond donors (Lipinski definition) is 0. The molecule has 0 radical (unpaired) electrons. The number of aryl methyl sites for hydroxylation is 8. The van der Waals surface area contributed by atoms with Gasteiger partial charge in [-0.2, -0.15) is 5.26 Å². The van der Waals surface area contributed by atoms with Crippen LogP contribution in [0.4, 0.5) is 5.69 Å². The maximum Gasteiger partial charge on any atom is 0.187 e. The van der Waals surface area contributed by atoms with E-state index in [4.69, 9.17) is 6.57 Å². The van der Waals surface area contributed by atoms with E-state index in [-0.39, 0.29) is 0 Å². The van der Waals surface area contributed by atoms with Crippen molar-refractivity contribution in [3.63, 3.8) is 0 Å². The monoisotopic (exact) mass is 950 g/mol. The summed E-state index contributed by atoms with van der Waals surface area (Å²) in [6.07, 6.45) is 0. The van der Waals surface area contributed by atoms with Gasteiger partial charge in [-0.25, -0.2) is 4.85 Å². The Kier molecular flexibility index (Phi) is 11.0. The van der Waals surface area contributed by atoms with Gasteiger partial charge in [-0.05, 0) is 142 Å². The topological polar surface area (TPSA) is 38.0 Å². The lowest BCUT2D eigenvalue weighted by molar-refractivity contribution is 1.12. The highest BCUT2D eigenvalue weighted by atomic mass is 15.0. The molecule has 0 bridgehead atoms. The maximum absolute atomic E-state index is 12.2. The SMILES string of the molecule is [C-]#[N+]c1cccc(-c2ccc(-n3c4cc(-c5cc(C)cc(C)c5)ccc4c4ccc(-c5cc(C)cc(C)c5)cc43)c(C#N)c2-n2c3cc(-c4cc(C)cc(C)c4)ccc3c3ccc(-c4cc(C)cc(C)c4)cc32)c1. The third-order valence-corrected chi connectivity index (χ3v) is 14.8. The van der Waals surface area contributed by atoms with Crippen LogP contribution in [0.1, 0.15) is 50.1 Å². The first-order valence-electron chi connectivity index (χ1n) is 25.4. The molecule has 12 aromatic rings. The molecule has 10 aromatic carbocycles. The third kappa shape index (κ3) is 7.93. The van der Waals surface area contributed by atoms with E-state index in [1.807, 2.05) is 18.2 Å². The highest BCUT2D eigenvalue weighted by Crippen LogP contribution is 2.45. The minimum Gasteiger partial charge on any atom is -0.308 e. The average Bonchev–Trinajstić information content (AvgIpc) is 3.88. The molecule has 2 heterocycles. The summed E-state index contributed by atoms with van der Waals surface area (Å²) < 4.78 is 4.68. The Balaban J connectivity index is 1.24. The molecule has 2 aromatic heterocycles. The molecule has 0 atom stereocenters. The van der Waals surface area contributed by atoms with Crippen molar-refractivity contribution in [2.45, 2.75) is 55.4 Å². The molecule has 0 saturated heterocycles. The van der Waals surface area contributed by atoms with Gasteiger partial charge in [-0.3, -0.25) is 0 Å². The summed E-state index contributed by atoms with van der Waals surface area (Å²) in [7, 11) is 0. The van der Waals surface area contributed by atoms with Gasteiger partial charge >= 0.3 is 0 Å². The van der Waals surface area contributed by atoms with Gasteiger partial charge in [0, 0.05) is 27.1 Å². The predicted octanol–water partition coefficient (Wildman–Crippen LogP) is 19.1. The minimum absolute atomic E-state index is 0.524. The molecule has 4 nitrogen and oxygen atoms in total. The summed E-state index contributed by atoms with van der Waals surface area (Å²) in [5.41, 5.74) is 26.9. The number of aromatic nitrogens is 2. The van der Waals surface area contributed by atoms with E-state index >= 15 is 0 Å². The third-order valence-electron chi connectivity index (χ3n) is 14.8. The number of hydrogen-bond acceptors (Lipinski definition) is 1. The molecule has 0 N–H and O–H groups in total. The Bertz CT molecular complexity index is 4130. The normalized spacial score (nSPS) is 11.5. The van der Waals surface area contributed by atoms with Crippen molar-refractivity contribution >= 4 is 49.3 Å². The summed E-state index contributed by atoms with van der Waals surface area (Å²) in [5.74, 6) is 0. The van der Waals surface area contributed by atoms with E-state index in [0.717, 1.165) is 111 Å². The fourth-order valence-electron chi connectivity index (χ4n) is 11.9. The fourth-order valence-corrected chi connectivity index (χ4v) is 11.9. The average molecular weight is 951 g/mol. The van der Waals surface area contributed by atoms with E-state index in [1.54, 1.807) is 0 Å². The Morgan fingerprint density at radius 1 is 0.351 bits per heavy atom. The van der Waals surface area contributed by atoms with Gasteiger partial charge in [0.1, 0.15) is 11.6 Å². The van der Waals surface area contributed by atoms with Gasteiger partial charge in [0.05, 0.1) is 40.0 Å². The number of fused-ring (bicyclic) bond motifs is 6. The zero-order chi connectivity index (χ0) is 51.1. The van der Waals surface area contributed by atoms with Crippen molar-refractivity contribution in [3.8, 4) is 73.1 Å². The van der Waals surface area contributed by atoms with Crippen LogP contribution in [0.15, 0.2) is 182 Å². The van der Waals surface area contributed by atoms with E-state index in [2.05, 4.69) is 239 Å². The summed E-state index contributed by atoms with van der Waals surface area (Å²) in [6.45, 7) is 25.3. The van der Waals surface area contributed by atoms with Crippen molar-refractivity contribution < 1.29 is 0 Å². The fraction of sp³-hybridized carbons (Fsp3) is 0.114. The molecule has 0 aliphatic rings. The van der Waals surface area contributed by atoms with Gasteiger partial charge in [-0.1, -0.05) is 190 Å².